The van der Waals surface area contributed by atoms with Crippen molar-refractivity contribution < 1.29 is 9.53 Å². The van der Waals surface area contributed by atoms with Crippen molar-refractivity contribution in [2.45, 2.75) is 26.3 Å². The highest BCUT2D eigenvalue weighted by molar-refractivity contribution is 5.77. The lowest BCUT2D eigenvalue weighted by Crippen LogP contribution is -2.30. The van der Waals surface area contributed by atoms with Crippen LogP contribution in [-0.4, -0.2) is 28.8 Å². The summed E-state index contributed by atoms with van der Waals surface area (Å²) in [5.41, 5.74) is 1.26. The predicted molar refractivity (Wildman–Crippen MR) is 81.2 cm³/mol. The molecule has 0 bridgehead atoms. The van der Waals surface area contributed by atoms with Crippen LogP contribution in [0.15, 0.2) is 42.7 Å². The van der Waals surface area contributed by atoms with Gasteiger partial charge in [-0.25, -0.2) is 0 Å². The molecule has 21 heavy (non-hydrogen) atoms. The molecule has 1 heterocycles. The highest BCUT2D eigenvalue weighted by Crippen LogP contribution is 2.12. The Kier molecular flexibility index (Phi) is 5.82. The molecule has 0 fully saturated rings. The summed E-state index contributed by atoms with van der Waals surface area (Å²) in [6, 6.07) is 9.69. The van der Waals surface area contributed by atoms with Crippen molar-refractivity contribution in [3.8, 4) is 5.75 Å². The van der Waals surface area contributed by atoms with Gasteiger partial charge in [0.2, 0.25) is 0 Å². The number of aryl methyl sites for hydroxylation is 2. The Morgan fingerprint density at radius 2 is 2.14 bits per heavy atom. The van der Waals surface area contributed by atoms with Crippen LogP contribution in [0.2, 0.25) is 0 Å². The maximum absolute atomic E-state index is 11.6. The standard InChI is InChI=1S/C16H21N3O2/c1-2-14-5-7-15(8-6-14)21-13-16(20)17-9-3-11-19-12-4-10-18-19/h4-8,10,12H,2-3,9,11,13H2,1H3,(H,17,20). The van der Waals surface area contributed by atoms with Gasteiger partial charge in [-0.1, -0.05) is 19.1 Å². The van der Waals surface area contributed by atoms with Gasteiger partial charge in [0.1, 0.15) is 5.75 Å². The SMILES string of the molecule is CCc1ccc(OCC(=O)NCCCn2cccn2)cc1. The molecule has 0 aliphatic carbocycles. The first-order valence-corrected chi connectivity index (χ1v) is 7.24. The van der Waals surface area contributed by atoms with E-state index in [-0.39, 0.29) is 12.5 Å². The summed E-state index contributed by atoms with van der Waals surface area (Å²) in [6.45, 7) is 3.57. The summed E-state index contributed by atoms with van der Waals surface area (Å²) in [6.07, 6.45) is 5.50. The highest BCUT2D eigenvalue weighted by atomic mass is 16.5. The molecule has 0 saturated heterocycles. The number of carbonyl (C=O) groups is 1. The Labute approximate surface area is 124 Å². The Hall–Kier alpha value is -2.30. The van der Waals surface area contributed by atoms with Crippen molar-refractivity contribution in [1.29, 1.82) is 0 Å². The molecule has 0 spiro atoms. The number of aromatic nitrogens is 2. The van der Waals surface area contributed by atoms with Gasteiger partial charge in [0.15, 0.2) is 6.61 Å². The third-order valence-corrected chi connectivity index (χ3v) is 3.15. The molecule has 1 aromatic heterocycles. The first-order valence-electron chi connectivity index (χ1n) is 7.24. The fourth-order valence-corrected chi connectivity index (χ4v) is 1.92. The zero-order chi connectivity index (χ0) is 14.9. The molecule has 0 unspecified atom stereocenters. The molecule has 1 aromatic carbocycles. The lowest BCUT2D eigenvalue weighted by atomic mass is 10.2. The quantitative estimate of drug-likeness (QED) is 0.756. The molecular weight excluding hydrogens is 266 g/mol. The Morgan fingerprint density at radius 3 is 2.81 bits per heavy atom. The van der Waals surface area contributed by atoms with Gasteiger partial charge in [-0.15, -0.1) is 0 Å². The minimum Gasteiger partial charge on any atom is -0.484 e. The molecule has 5 nitrogen and oxygen atoms in total. The average Bonchev–Trinajstić information content (AvgIpc) is 3.03. The molecule has 0 aliphatic heterocycles. The summed E-state index contributed by atoms with van der Waals surface area (Å²) in [4.78, 5) is 11.6. The monoisotopic (exact) mass is 287 g/mol. The lowest BCUT2D eigenvalue weighted by Gasteiger charge is -2.08. The molecule has 1 N–H and O–H groups in total. The number of ether oxygens (including phenoxy) is 1. The van der Waals surface area contributed by atoms with E-state index in [4.69, 9.17) is 4.74 Å². The molecular formula is C16H21N3O2. The van der Waals surface area contributed by atoms with Crippen LogP contribution in [0.3, 0.4) is 0 Å². The van der Waals surface area contributed by atoms with Crippen LogP contribution in [0.25, 0.3) is 0 Å². The van der Waals surface area contributed by atoms with Crippen molar-refractivity contribution in [2.24, 2.45) is 0 Å². The third kappa shape index (κ3) is 5.30. The van der Waals surface area contributed by atoms with Crippen LogP contribution in [0.5, 0.6) is 5.75 Å². The second-order valence-corrected chi connectivity index (χ2v) is 4.76. The number of hydrogen-bond acceptors (Lipinski definition) is 3. The van der Waals surface area contributed by atoms with E-state index in [0.29, 0.717) is 6.54 Å². The van der Waals surface area contributed by atoms with Crippen LogP contribution in [-0.2, 0) is 17.8 Å². The van der Waals surface area contributed by atoms with E-state index in [0.717, 1.165) is 25.1 Å². The highest BCUT2D eigenvalue weighted by Gasteiger charge is 2.02. The number of nitrogens with zero attached hydrogens (tertiary/aromatic N) is 2. The number of amides is 1. The molecule has 0 saturated carbocycles. The van der Waals surface area contributed by atoms with Gasteiger partial charge in [-0.3, -0.25) is 9.48 Å². The largest absolute Gasteiger partial charge is 0.484 e. The smallest absolute Gasteiger partial charge is 0.257 e. The van der Waals surface area contributed by atoms with Gasteiger partial charge in [0, 0.05) is 25.5 Å². The third-order valence-electron chi connectivity index (χ3n) is 3.15. The number of rotatable bonds is 8. The second kappa shape index (κ2) is 8.09. The van der Waals surface area contributed by atoms with Crippen molar-refractivity contribution >= 4 is 5.91 Å². The Bertz CT molecular complexity index is 535. The summed E-state index contributed by atoms with van der Waals surface area (Å²) >= 11 is 0. The molecule has 0 aliphatic rings. The van der Waals surface area contributed by atoms with E-state index >= 15 is 0 Å². The molecule has 1 amide bonds. The van der Waals surface area contributed by atoms with Crippen molar-refractivity contribution in [3.63, 3.8) is 0 Å². The predicted octanol–water partition coefficient (Wildman–Crippen LogP) is 2.03. The summed E-state index contributed by atoms with van der Waals surface area (Å²) in [5, 5.41) is 6.94. The molecule has 5 heteroatoms. The Balaban J connectivity index is 1.60. The Morgan fingerprint density at radius 1 is 1.33 bits per heavy atom. The van der Waals surface area contributed by atoms with E-state index < -0.39 is 0 Å². The van der Waals surface area contributed by atoms with Crippen LogP contribution < -0.4 is 10.1 Å². The van der Waals surface area contributed by atoms with Gasteiger partial charge in [0.25, 0.3) is 5.91 Å². The van der Waals surface area contributed by atoms with Gasteiger partial charge in [0.05, 0.1) is 0 Å². The topological polar surface area (TPSA) is 56.1 Å². The zero-order valence-electron chi connectivity index (χ0n) is 12.3. The number of nitrogens with one attached hydrogen (secondary N) is 1. The minimum absolute atomic E-state index is 0.0489. The van der Waals surface area contributed by atoms with E-state index in [9.17, 15) is 4.79 Å². The first-order chi connectivity index (χ1) is 10.3. The van der Waals surface area contributed by atoms with Gasteiger partial charge >= 0.3 is 0 Å². The van der Waals surface area contributed by atoms with E-state index in [1.165, 1.54) is 5.56 Å². The van der Waals surface area contributed by atoms with Gasteiger partial charge in [-0.05, 0) is 36.6 Å². The number of carbonyl (C=O) groups excluding carboxylic acids is 1. The van der Waals surface area contributed by atoms with E-state index in [2.05, 4.69) is 17.3 Å². The summed E-state index contributed by atoms with van der Waals surface area (Å²) in [7, 11) is 0. The zero-order valence-corrected chi connectivity index (χ0v) is 12.3. The van der Waals surface area contributed by atoms with Crippen LogP contribution >= 0.6 is 0 Å². The van der Waals surface area contributed by atoms with Crippen LogP contribution in [0.4, 0.5) is 0 Å². The minimum atomic E-state index is -0.102. The van der Waals surface area contributed by atoms with Crippen LogP contribution in [0.1, 0.15) is 18.9 Å². The lowest BCUT2D eigenvalue weighted by molar-refractivity contribution is -0.123. The second-order valence-electron chi connectivity index (χ2n) is 4.76. The summed E-state index contributed by atoms with van der Waals surface area (Å²) in [5.74, 6) is 0.619. The molecule has 112 valence electrons. The first kappa shape index (κ1) is 15.1. The van der Waals surface area contributed by atoms with Crippen molar-refractivity contribution in [3.05, 3.63) is 48.3 Å². The maximum Gasteiger partial charge on any atom is 0.257 e. The van der Waals surface area contributed by atoms with Gasteiger partial charge < -0.3 is 10.1 Å². The van der Waals surface area contributed by atoms with E-state index in [1.807, 2.05) is 41.2 Å². The molecule has 0 radical (unpaired) electrons. The van der Waals surface area contributed by atoms with Crippen molar-refractivity contribution in [2.75, 3.05) is 13.2 Å². The fourth-order valence-electron chi connectivity index (χ4n) is 1.92. The maximum atomic E-state index is 11.6. The molecule has 2 rings (SSSR count). The fraction of sp³-hybridized carbons (Fsp3) is 0.375. The molecule has 0 atom stereocenters. The average molecular weight is 287 g/mol. The van der Waals surface area contributed by atoms with Gasteiger partial charge in [-0.2, -0.15) is 5.10 Å². The normalized spacial score (nSPS) is 10.3. The van der Waals surface area contributed by atoms with Crippen LogP contribution in [0, 0.1) is 0 Å². The van der Waals surface area contributed by atoms with Crippen molar-refractivity contribution in [1.82, 2.24) is 15.1 Å². The van der Waals surface area contributed by atoms with E-state index in [1.54, 1.807) is 6.20 Å². The number of benzene rings is 1. The molecule has 2 aromatic rings. The number of hydrogen-bond donors (Lipinski definition) is 1. The summed E-state index contributed by atoms with van der Waals surface area (Å²) < 4.78 is 7.29.